The molecule has 0 aliphatic rings. The van der Waals surface area contributed by atoms with E-state index in [-0.39, 0.29) is 5.69 Å². The minimum absolute atomic E-state index is 0.0377. The van der Waals surface area contributed by atoms with Crippen LogP contribution in [0, 0.1) is 10.1 Å². The predicted molar refractivity (Wildman–Crippen MR) is 61.9 cm³/mol. The number of benzene rings is 1. The van der Waals surface area contributed by atoms with Gasteiger partial charge in [0.1, 0.15) is 0 Å². The maximum atomic E-state index is 10.7. The van der Waals surface area contributed by atoms with Crippen LogP contribution in [0.25, 0.3) is 0 Å². The summed E-state index contributed by atoms with van der Waals surface area (Å²) in [6.07, 6.45) is 0.595. The third-order valence-electron chi connectivity index (χ3n) is 1.72. The van der Waals surface area contributed by atoms with Crippen molar-refractivity contribution >= 4 is 13.8 Å². The second-order valence-electron chi connectivity index (χ2n) is 4.57. The van der Waals surface area contributed by atoms with Crippen LogP contribution in [0.1, 0.15) is 0 Å². The molecule has 0 spiro atoms. The van der Waals surface area contributed by atoms with Crippen molar-refractivity contribution in [2.24, 2.45) is 0 Å². The first-order valence-electron chi connectivity index (χ1n) is 4.76. The van der Waals surface area contributed by atoms with Gasteiger partial charge in [-0.3, -0.25) is 10.1 Å². The van der Waals surface area contributed by atoms with Gasteiger partial charge >= 0.3 is 5.69 Å². The molecule has 0 N–H and O–H groups in total. The Balaban J connectivity index is 2.81. The molecule has 15 heavy (non-hydrogen) atoms. The number of nitro groups is 1. The van der Waals surface area contributed by atoms with E-state index >= 15 is 0 Å². The monoisotopic (exact) mass is 225 g/mol. The molecule has 0 amide bonds. The molecular weight excluding hydrogens is 210 g/mol. The largest absolute Gasteiger partial charge is 0.491 e. The molecule has 1 aromatic carbocycles. The third kappa shape index (κ3) is 3.71. The van der Waals surface area contributed by atoms with Crippen LogP contribution in [0.3, 0.4) is 0 Å². The first-order chi connectivity index (χ1) is 6.90. The number of nitro benzene ring substituents is 1. The second-order valence-corrected chi connectivity index (χ2v) is 9.98. The summed E-state index contributed by atoms with van der Waals surface area (Å²) in [5, 5.41) is 10.7. The molecule has 0 unspecified atom stereocenters. The van der Waals surface area contributed by atoms with Gasteiger partial charge in [-0.05, 0) is 6.07 Å². The highest BCUT2D eigenvalue weighted by molar-refractivity contribution is 6.76. The number of ether oxygens (including phenoxy) is 1. The summed E-state index contributed by atoms with van der Waals surface area (Å²) in [6, 6.07) is 6.48. The first kappa shape index (κ1) is 11.7. The molecule has 0 fully saturated rings. The number of nitrogens with zero attached hydrogens (tertiary/aromatic N) is 1. The van der Waals surface area contributed by atoms with Crippen molar-refractivity contribution in [1.82, 2.24) is 0 Å². The van der Waals surface area contributed by atoms with Crippen molar-refractivity contribution in [2.45, 2.75) is 19.6 Å². The Hall–Kier alpha value is -1.36. The minimum atomic E-state index is -1.34. The van der Waals surface area contributed by atoms with Crippen molar-refractivity contribution in [2.75, 3.05) is 6.23 Å². The highest BCUT2D eigenvalue weighted by Crippen LogP contribution is 2.26. The predicted octanol–water partition coefficient (Wildman–Crippen LogP) is 2.85. The fourth-order valence-corrected chi connectivity index (χ4v) is 1.61. The highest BCUT2D eigenvalue weighted by atomic mass is 28.3. The van der Waals surface area contributed by atoms with E-state index in [0.717, 1.165) is 0 Å². The average Bonchev–Trinajstić information content (AvgIpc) is 2.14. The van der Waals surface area contributed by atoms with E-state index in [9.17, 15) is 10.1 Å². The number of hydrogen-bond donors (Lipinski definition) is 0. The molecule has 0 saturated carbocycles. The zero-order valence-corrected chi connectivity index (χ0v) is 10.2. The van der Waals surface area contributed by atoms with Gasteiger partial charge in [-0.1, -0.05) is 31.8 Å². The van der Waals surface area contributed by atoms with Gasteiger partial charge in [0, 0.05) is 6.07 Å². The lowest BCUT2D eigenvalue weighted by Crippen LogP contribution is -2.30. The normalized spacial score (nSPS) is 11.1. The van der Waals surface area contributed by atoms with E-state index in [0.29, 0.717) is 12.0 Å². The SMILES string of the molecule is C[Si](C)(C)COc1ccccc1[N+](=O)[O-]. The average molecular weight is 225 g/mol. The molecule has 5 heteroatoms. The number of rotatable bonds is 4. The van der Waals surface area contributed by atoms with Gasteiger partial charge in [0.2, 0.25) is 0 Å². The van der Waals surface area contributed by atoms with Crippen LogP contribution in [0.5, 0.6) is 5.75 Å². The first-order valence-corrected chi connectivity index (χ1v) is 8.47. The molecule has 4 nitrogen and oxygen atoms in total. The fourth-order valence-electron chi connectivity index (χ4n) is 1.02. The molecule has 82 valence electrons. The fraction of sp³-hybridized carbons (Fsp3) is 0.400. The van der Waals surface area contributed by atoms with E-state index in [1.807, 2.05) is 0 Å². The van der Waals surface area contributed by atoms with Crippen molar-refractivity contribution in [3.05, 3.63) is 34.4 Å². The quantitative estimate of drug-likeness (QED) is 0.450. The van der Waals surface area contributed by atoms with Gasteiger partial charge in [0.25, 0.3) is 0 Å². The summed E-state index contributed by atoms with van der Waals surface area (Å²) in [7, 11) is -1.34. The van der Waals surface area contributed by atoms with E-state index in [1.54, 1.807) is 18.2 Å². The van der Waals surface area contributed by atoms with Gasteiger partial charge in [0.15, 0.2) is 5.75 Å². The van der Waals surface area contributed by atoms with Crippen LogP contribution < -0.4 is 4.74 Å². The second kappa shape index (κ2) is 4.44. The lowest BCUT2D eigenvalue weighted by Gasteiger charge is -2.16. The van der Waals surface area contributed by atoms with Crippen LogP contribution >= 0.6 is 0 Å². The maximum absolute atomic E-state index is 10.7. The molecule has 0 bridgehead atoms. The van der Waals surface area contributed by atoms with Crippen molar-refractivity contribution in [1.29, 1.82) is 0 Å². The number of hydrogen-bond acceptors (Lipinski definition) is 3. The lowest BCUT2D eigenvalue weighted by molar-refractivity contribution is -0.385. The smallest absolute Gasteiger partial charge is 0.310 e. The zero-order valence-electron chi connectivity index (χ0n) is 9.19. The molecule has 1 rings (SSSR count). The summed E-state index contributed by atoms with van der Waals surface area (Å²) < 4.78 is 5.48. The summed E-state index contributed by atoms with van der Waals surface area (Å²) in [5.74, 6) is 0.366. The molecule has 1 aromatic rings. The number of para-hydroxylation sites is 2. The Labute approximate surface area is 90.0 Å². The van der Waals surface area contributed by atoms with Gasteiger partial charge in [-0.2, -0.15) is 0 Å². The summed E-state index contributed by atoms with van der Waals surface area (Å²) in [4.78, 5) is 10.3. The molecule has 0 aliphatic carbocycles. The molecule has 0 radical (unpaired) electrons. The van der Waals surface area contributed by atoms with E-state index in [4.69, 9.17) is 4.74 Å². The van der Waals surface area contributed by atoms with Crippen molar-refractivity contribution in [3.63, 3.8) is 0 Å². The van der Waals surface area contributed by atoms with Crippen LogP contribution in [0.15, 0.2) is 24.3 Å². The van der Waals surface area contributed by atoms with Gasteiger partial charge in [-0.15, -0.1) is 0 Å². The molecule has 0 aliphatic heterocycles. The topological polar surface area (TPSA) is 52.4 Å². The summed E-state index contributed by atoms with van der Waals surface area (Å²) in [5.41, 5.74) is 0.0377. The molecule has 0 aromatic heterocycles. The van der Waals surface area contributed by atoms with Gasteiger partial charge in [-0.25, -0.2) is 0 Å². The molecule has 0 saturated heterocycles. The Bertz CT molecular complexity index is 360. The van der Waals surface area contributed by atoms with Crippen LogP contribution in [0.4, 0.5) is 5.69 Å². The van der Waals surface area contributed by atoms with Crippen molar-refractivity contribution in [3.8, 4) is 5.75 Å². The van der Waals surface area contributed by atoms with Gasteiger partial charge in [0.05, 0.1) is 19.2 Å². The Kier molecular flexibility index (Phi) is 3.46. The molecular formula is C10H15NO3Si. The van der Waals surface area contributed by atoms with Crippen LogP contribution in [-0.4, -0.2) is 19.2 Å². The standard InChI is InChI=1S/C10H15NO3Si/c1-15(2,3)8-14-10-7-5-4-6-9(10)11(12)13/h4-7H,8H2,1-3H3. The Morgan fingerprint density at radius 3 is 2.47 bits per heavy atom. The van der Waals surface area contributed by atoms with Crippen LogP contribution in [0.2, 0.25) is 19.6 Å². The Morgan fingerprint density at radius 2 is 1.93 bits per heavy atom. The Morgan fingerprint density at radius 1 is 1.33 bits per heavy atom. The summed E-state index contributed by atoms with van der Waals surface area (Å²) in [6.45, 7) is 6.46. The molecule has 0 atom stereocenters. The van der Waals surface area contributed by atoms with E-state index < -0.39 is 13.0 Å². The van der Waals surface area contributed by atoms with Crippen molar-refractivity contribution < 1.29 is 9.66 Å². The van der Waals surface area contributed by atoms with Crippen LogP contribution in [-0.2, 0) is 0 Å². The van der Waals surface area contributed by atoms with E-state index in [1.165, 1.54) is 6.07 Å². The van der Waals surface area contributed by atoms with Gasteiger partial charge < -0.3 is 4.74 Å². The molecule has 0 heterocycles. The third-order valence-corrected chi connectivity index (χ3v) is 2.73. The van der Waals surface area contributed by atoms with E-state index in [2.05, 4.69) is 19.6 Å². The highest BCUT2D eigenvalue weighted by Gasteiger charge is 2.18. The summed E-state index contributed by atoms with van der Waals surface area (Å²) >= 11 is 0. The zero-order chi connectivity index (χ0) is 11.5. The lowest BCUT2D eigenvalue weighted by atomic mass is 10.3. The minimum Gasteiger partial charge on any atom is -0.491 e. The maximum Gasteiger partial charge on any atom is 0.310 e.